The number of amides is 1. The van der Waals surface area contributed by atoms with Crippen LogP contribution in [0.1, 0.15) is 28.8 Å². The fourth-order valence-corrected chi connectivity index (χ4v) is 4.13. The van der Waals surface area contributed by atoms with E-state index in [2.05, 4.69) is 20.3 Å². The van der Waals surface area contributed by atoms with Crippen molar-refractivity contribution in [3.8, 4) is 0 Å². The highest BCUT2D eigenvalue weighted by atomic mass is 16.5. The van der Waals surface area contributed by atoms with Gasteiger partial charge in [-0.1, -0.05) is 18.2 Å². The van der Waals surface area contributed by atoms with Crippen molar-refractivity contribution < 1.29 is 14.6 Å². The topological polar surface area (TPSA) is 142 Å². The molecule has 0 radical (unpaired) electrons. The van der Waals surface area contributed by atoms with Gasteiger partial charge in [-0.2, -0.15) is 0 Å². The van der Waals surface area contributed by atoms with E-state index in [0.717, 1.165) is 21.8 Å². The highest BCUT2D eigenvalue weighted by Gasteiger charge is 2.35. The van der Waals surface area contributed by atoms with Gasteiger partial charge in [0.2, 0.25) is 0 Å². The number of hydrogen-bond donors (Lipinski definition) is 4. The van der Waals surface area contributed by atoms with Crippen LogP contribution in [0.4, 0.5) is 0 Å². The van der Waals surface area contributed by atoms with E-state index in [-0.39, 0.29) is 24.6 Å². The minimum absolute atomic E-state index is 0.0429. The molecule has 0 spiro atoms. The van der Waals surface area contributed by atoms with Gasteiger partial charge in [-0.3, -0.25) is 19.1 Å². The molecule has 164 valence electrons. The van der Waals surface area contributed by atoms with Gasteiger partial charge in [-0.05, 0) is 19.1 Å². The van der Waals surface area contributed by atoms with E-state index in [1.807, 2.05) is 31.2 Å². The first-order chi connectivity index (χ1) is 15.4. The lowest BCUT2D eigenvalue weighted by atomic mass is 10.1. The Kier molecular flexibility index (Phi) is 4.87. The van der Waals surface area contributed by atoms with Crippen molar-refractivity contribution in [3.05, 3.63) is 74.8 Å². The Morgan fingerprint density at radius 3 is 2.88 bits per heavy atom. The lowest BCUT2D eigenvalue weighted by Gasteiger charge is -2.16. The number of carbonyl (C=O) groups is 1. The van der Waals surface area contributed by atoms with Crippen molar-refractivity contribution in [3.63, 3.8) is 0 Å². The van der Waals surface area contributed by atoms with Crippen molar-refractivity contribution in [2.45, 2.75) is 31.8 Å². The van der Waals surface area contributed by atoms with Gasteiger partial charge < -0.3 is 20.1 Å². The van der Waals surface area contributed by atoms with E-state index in [0.29, 0.717) is 5.69 Å². The van der Waals surface area contributed by atoms with Crippen LogP contribution in [0, 0.1) is 6.92 Å². The number of aryl methyl sites for hydroxylation is 1. The standard InChI is InChI=1S/C22H21N5O5/c1-11-20-13(12-4-2-3-5-14(12)25-20)8-15(24-11)21(30)23-10-17-16(28)9-19(32-17)27-7-6-18(29)26-22(27)31/h2-8,16-17,19,25,28H,9-10H2,1H3,(H,23,30)(H,26,29,31)/t16-,17+,19+/m0/s1. The molecule has 1 amide bonds. The first-order valence-corrected chi connectivity index (χ1v) is 10.2. The van der Waals surface area contributed by atoms with Gasteiger partial charge in [0.15, 0.2) is 0 Å². The summed E-state index contributed by atoms with van der Waals surface area (Å²) in [5.74, 6) is -0.388. The molecule has 3 aromatic heterocycles. The zero-order valence-electron chi connectivity index (χ0n) is 17.2. The molecule has 32 heavy (non-hydrogen) atoms. The molecule has 4 heterocycles. The maximum Gasteiger partial charge on any atom is 0.330 e. The number of H-pyrrole nitrogens is 2. The summed E-state index contributed by atoms with van der Waals surface area (Å²) in [6.45, 7) is 1.88. The van der Waals surface area contributed by atoms with E-state index in [4.69, 9.17) is 4.74 Å². The summed E-state index contributed by atoms with van der Waals surface area (Å²) in [6.07, 6.45) is -0.849. The number of hydrogen-bond acceptors (Lipinski definition) is 6. The number of ether oxygens (including phenoxy) is 1. The molecule has 0 saturated carbocycles. The summed E-state index contributed by atoms with van der Waals surface area (Å²) >= 11 is 0. The van der Waals surface area contributed by atoms with Gasteiger partial charge in [0.25, 0.3) is 11.5 Å². The predicted octanol–water partition coefficient (Wildman–Crippen LogP) is 0.953. The lowest BCUT2D eigenvalue weighted by molar-refractivity contribution is -0.0186. The molecule has 1 aromatic carbocycles. The number of para-hydroxylation sites is 1. The van der Waals surface area contributed by atoms with Crippen LogP contribution in [0.3, 0.4) is 0 Å². The number of aromatic nitrogens is 4. The Balaban J connectivity index is 1.32. The zero-order chi connectivity index (χ0) is 22.4. The molecular formula is C22H21N5O5. The average molecular weight is 435 g/mol. The van der Waals surface area contributed by atoms with Gasteiger partial charge in [0, 0.05) is 41.5 Å². The molecule has 5 rings (SSSR count). The van der Waals surface area contributed by atoms with E-state index >= 15 is 0 Å². The maximum atomic E-state index is 12.8. The number of aromatic amines is 2. The second-order valence-electron chi connectivity index (χ2n) is 7.85. The molecule has 1 aliphatic rings. The summed E-state index contributed by atoms with van der Waals surface area (Å²) in [5, 5.41) is 15.0. The van der Waals surface area contributed by atoms with Gasteiger partial charge >= 0.3 is 5.69 Å². The lowest BCUT2D eigenvalue weighted by Crippen LogP contribution is -2.37. The molecule has 0 unspecified atom stereocenters. The number of aliphatic hydroxyl groups is 1. The average Bonchev–Trinajstić information content (AvgIpc) is 3.32. The molecular weight excluding hydrogens is 414 g/mol. The minimum Gasteiger partial charge on any atom is -0.390 e. The molecule has 4 N–H and O–H groups in total. The quantitative estimate of drug-likeness (QED) is 0.376. The summed E-state index contributed by atoms with van der Waals surface area (Å²) < 4.78 is 6.97. The predicted molar refractivity (Wildman–Crippen MR) is 117 cm³/mol. The fraction of sp³-hybridized carbons (Fsp3) is 0.273. The van der Waals surface area contributed by atoms with Crippen LogP contribution in [0.15, 0.2) is 52.2 Å². The summed E-state index contributed by atoms with van der Waals surface area (Å²) in [7, 11) is 0. The SMILES string of the molecule is Cc1nc(C(=O)NC[C@H]2O[C@@H](n3ccc(=O)[nH]c3=O)C[C@@H]2O)cc2c1[nH]c1ccccc12. The van der Waals surface area contributed by atoms with Gasteiger partial charge in [-0.25, -0.2) is 9.78 Å². The monoisotopic (exact) mass is 435 g/mol. The number of aliphatic hydroxyl groups excluding tert-OH is 1. The van der Waals surface area contributed by atoms with Gasteiger partial charge in [-0.15, -0.1) is 0 Å². The Morgan fingerprint density at radius 1 is 1.25 bits per heavy atom. The van der Waals surface area contributed by atoms with Crippen molar-refractivity contribution in [2.24, 2.45) is 0 Å². The number of nitrogens with zero attached hydrogens (tertiary/aromatic N) is 2. The number of nitrogens with one attached hydrogen (secondary N) is 3. The molecule has 1 aliphatic heterocycles. The summed E-state index contributed by atoms with van der Waals surface area (Å²) in [6, 6.07) is 10.8. The van der Waals surface area contributed by atoms with Crippen molar-refractivity contribution in [2.75, 3.05) is 6.54 Å². The molecule has 1 fully saturated rings. The molecule has 0 bridgehead atoms. The normalized spacial score (nSPS) is 20.8. The molecule has 3 atom stereocenters. The zero-order valence-corrected chi connectivity index (χ0v) is 17.2. The van der Waals surface area contributed by atoms with Crippen LogP contribution < -0.4 is 16.6 Å². The Hall–Kier alpha value is -3.76. The Morgan fingerprint density at radius 2 is 2.06 bits per heavy atom. The van der Waals surface area contributed by atoms with E-state index in [1.165, 1.54) is 16.8 Å². The molecule has 10 heteroatoms. The van der Waals surface area contributed by atoms with Crippen molar-refractivity contribution >= 4 is 27.7 Å². The first kappa shape index (κ1) is 20.2. The minimum atomic E-state index is -0.884. The van der Waals surface area contributed by atoms with Crippen LogP contribution in [-0.2, 0) is 4.74 Å². The molecule has 4 aromatic rings. The van der Waals surface area contributed by atoms with Gasteiger partial charge in [0.05, 0.1) is 17.3 Å². The number of rotatable bonds is 4. The Labute approximate surface area is 180 Å². The van der Waals surface area contributed by atoms with Gasteiger partial charge in [0.1, 0.15) is 18.0 Å². The van der Waals surface area contributed by atoms with Crippen molar-refractivity contribution in [1.82, 2.24) is 24.8 Å². The molecule has 1 saturated heterocycles. The fourth-order valence-electron chi connectivity index (χ4n) is 4.13. The Bertz CT molecular complexity index is 1450. The largest absolute Gasteiger partial charge is 0.390 e. The number of carbonyl (C=O) groups excluding carboxylic acids is 1. The third kappa shape index (κ3) is 3.49. The third-order valence-corrected chi connectivity index (χ3v) is 5.74. The van der Waals surface area contributed by atoms with Crippen LogP contribution in [0.5, 0.6) is 0 Å². The van der Waals surface area contributed by atoms with E-state index < -0.39 is 29.7 Å². The number of pyridine rings is 1. The highest BCUT2D eigenvalue weighted by molar-refractivity contribution is 6.10. The highest BCUT2D eigenvalue weighted by Crippen LogP contribution is 2.28. The van der Waals surface area contributed by atoms with E-state index in [9.17, 15) is 19.5 Å². The van der Waals surface area contributed by atoms with E-state index in [1.54, 1.807) is 6.07 Å². The third-order valence-electron chi connectivity index (χ3n) is 5.74. The second-order valence-corrected chi connectivity index (χ2v) is 7.85. The molecule has 10 nitrogen and oxygen atoms in total. The van der Waals surface area contributed by atoms with Crippen LogP contribution in [-0.4, -0.2) is 49.3 Å². The summed E-state index contributed by atoms with van der Waals surface area (Å²) in [4.78, 5) is 45.9. The molecule has 0 aliphatic carbocycles. The summed E-state index contributed by atoms with van der Waals surface area (Å²) in [5.41, 5.74) is 1.69. The van der Waals surface area contributed by atoms with Crippen LogP contribution in [0.2, 0.25) is 0 Å². The number of fused-ring (bicyclic) bond motifs is 3. The second kappa shape index (κ2) is 7.74. The first-order valence-electron chi connectivity index (χ1n) is 10.2. The smallest absolute Gasteiger partial charge is 0.330 e. The van der Waals surface area contributed by atoms with Crippen molar-refractivity contribution in [1.29, 1.82) is 0 Å². The van der Waals surface area contributed by atoms with Crippen LogP contribution in [0.25, 0.3) is 21.8 Å². The number of benzene rings is 1. The van der Waals surface area contributed by atoms with Crippen LogP contribution >= 0.6 is 0 Å². The maximum absolute atomic E-state index is 12.8.